The van der Waals surface area contributed by atoms with Crippen molar-refractivity contribution in [2.45, 2.75) is 6.42 Å². The molecular formula is C13H9BrN4O. The van der Waals surface area contributed by atoms with E-state index in [1.54, 1.807) is 29.0 Å². The van der Waals surface area contributed by atoms with Crippen molar-refractivity contribution in [3.63, 3.8) is 0 Å². The molecule has 0 aromatic carbocycles. The smallest absolute Gasteiger partial charge is 0.172 e. The number of carbonyl (C=O) groups excluding carboxylic acids is 1. The van der Waals surface area contributed by atoms with Crippen LogP contribution in [-0.2, 0) is 6.42 Å². The summed E-state index contributed by atoms with van der Waals surface area (Å²) in [4.78, 5) is 20.3. The van der Waals surface area contributed by atoms with Crippen molar-refractivity contribution < 1.29 is 4.79 Å². The average Bonchev–Trinajstić information content (AvgIpc) is 2.84. The third-order valence-electron chi connectivity index (χ3n) is 2.66. The molecule has 6 heteroatoms. The molecule has 94 valence electrons. The van der Waals surface area contributed by atoms with Gasteiger partial charge in [0.05, 0.1) is 6.42 Å². The van der Waals surface area contributed by atoms with Gasteiger partial charge in [-0.1, -0.05) is 6.07 Å². The van der Waals surface area contributed by atoms with Crippen LogP contribution in [0.3, 0.4) is 0 Å². The van der Waals surface area contributed by atoms with Gasteiger partial charge in [-0.25, -0.2) is 9.50 Å². The lowest BCUT2D eigenvalue weighted by molar-refractivity contribution is 0.0990. The molecule has 0 unspecified atom stereocenters. The van der Waals surface area contributed by atoms with Crippen LogP contribution < -0.4 is 0 Å². The van der Waals surface area contributed by atoms with E-state index in [2.05, 4.69) is 31.0 Å². The SMILES string of the molecule is O=C(Cc1nc2cccc(Br)n2n1)c1cccnc1. The van der Waals surface area contributed by atoms with Crippen LogP contribution in [0.1, 0.15) is 16.2 Å². The summed E-state index contributed by atoms with van der Waals surface area (Å²) in [5, 5.41) is 4.30. The second-order valence-electron chi connectivity index (χ2n) is 3.99. The quantitative estimate of drug-likeness (QED) is 0.549. The molecule has 0 aliphatic carbocycles. The number of pyridine rings is 2. The van der Waals surface area contributed by atoms with Crippen LogP contribution in [0.15, 0.2) is 47.3 Å². The molecule has 0 bridgehead atoms. The van der Waals surface area contributed by atoms with Gasteiger partial charge in [-0.3, -0.25) is 9.78 Å². The van der Waals surface area contributed by atoms with Crippen LogP contribution in [0.2, 0.25) is 0 Å². The van der Waals surface area contributed by atoms with Gasteiger partial charge in [0, 0.05) is 18.0 Å². The minimum atomic E-state index is -0.0415. The van der Waals surface area contributed by atoms with E-state index >= 15 is 0 Å². The molecule has 0 spiro atoms. The number of hydrogen-bond acceptors (Lipinski definition) is 4. The van der Waals surface area contributed by atoms with Gasteiger partial charge in [-0.15, -0.1) is 5.10 Å². The molecule has 0 aliphatic heterocycles. The van der Waals surface area contributed by atoms with E-state index in [0.717, 1.165) is 4.60 Å². The minimum Gasteiger partial charge on any atom is -0.294 e. The zero-order chi connectivity index (χ0) is 13.2. The fourth-order valence-corrected chi connectivity index (χ4v) is 2.18. The van der Waals surface area contributed by atoms with Crippen molar-refractivity contribution in [1.82, 2.24) is 19.6 Å². The molecular weight excluding hydrogens is 308 g/mol. The number of ketones is 1. The molecule has 0 atom stereocenters. The molecule has 0 amide bonds. The van der Waals surface area contributed by atoms with E-state index in [1.165, 1.54) is 0 Å². The van der Waals surface area contributed by atoms with Gasteiger partial charge in [0.1, 0.15) is 4.60 Å². The summed E-state index contributed by atoms with van der Waals surface area (Å²) in [6.45, 7) is 0. The van der Waals surface area contributed by atoms with Crippen LogP contribution >= 0.6 is 15.9 Å². The normalized spacial score (nSPS) is 10.8. The summed E-state index contributed by atoms with van der Waals surface area (Å²) in [7, 11) is 0. The fraction of sp³-hybridized carbons (Fsp3) is 0.0769. The highest BCUT2D eigenvalue weighted by molar-refractivity contribution is 9.10. The largest absolute Gasteiger partial charge is 0.294 e. The number of hydrogen-bond donors (Lipinski definition) is 0. The lowest BCUT2D eigenvalue weighted by Gasteiger charge is -1.96. The predicted molar refractivity (Wildman–Crippen MR) is 73.0 cm³/mol. The zero-order valence-electron chi connectivity index (χ0n) is 9.82. The van der Waals surface area contributed by atoms with Crippen molar-refractivity contribution in [1.29, 1.82) is 0 Å². The van der Waals surface area contributed by atoms with Crippen molar-refractivity contribution in [2.75, 3.05) is 0 Å². The van der Waals surface area contributed by atoms with Crippen LogP contribution in [0, 0.1) is 0 Å². The van der Waals surface area contributed by atoms with E-state index < -0.39 is 0 Å². The summed E-state index contributed by atoms with van der Waals surface area (Å²) in [5.41, 5.74) is 1.28. The number of nitrogens with zero attached hydrogens (tertiary/aromatic N) is 4. The first kappa shape index (κ1) is 12.0. The molecule has 0 N–H and O–H groups in total. The molecule has 19 heavy (non-hydrogen) atoms. The van der Waals surface area contributed by atoms with Gasteiger partial charge >= 0.3 is 0 Å². The molecule has 3 heterocycles. The number of carbonyl (C=O) groups is 1. The zero-order valence-corrected chi connectivity index (χ0v) is 11.4. The summed E-state index contributed by atoms with van der Waals surface area (Å²) < 4.78 is 2.46. The van der Waals surface area contributed by atoms with Gasteiger partial charge in [0.15, 0.2) is 17.3 Å². The average molecular weight is 317 g/mol. The number of halogens is 1. The van der Waals surface area contributed by atoms with E-state index in [1.807, 2.05) is 18.2 Å². The second-order valence-corrected chi connectivity index (χ2v) is 4.80. The molecule has 3 aromatic rings. The highest BCUT2D eigenvalue weighted by atomic mass is 79.9. The Kier molecular flexibility index (Phi) is 3.08. The van der Waals surface area contributed by atoms with Crippen LogP contribution in [0.5, 0.6) is 0 Å². The third-order valence-corrected chi connectivity index (χ3v) is 3.26. The number of aromatic nitrogens is 4. The Labute approximate surface area is 117 Å². The van der Waals surface area contributed by atoms with Gasteiger partial charge in [-0.05, 0) is 40.2 Å². The summed E-state index contributed by atoms with van der Waals surface area (Å²) >= 11 is 3.39. The summed E-state index contributed by atoms with van der Waals surface area (Å²) in [5.74, 6) is 0.459. The summed E-state index contributed by atoms with van der Waals surface area (Å²) in [6, 6.07) is 9.06. The highest BCUT2D eigenvalue weighted by Crippen LogP contribution is 2.12. The first-order valence-corrected chi connectivity index (χ1v) is 6.47. The monoisotopic (exact) mass is 316 g/mol. The lowest BCUT2D eigenvalue weighted by atomic mass is 10.1. The third kappa shape index (κ3) is 2.39. The van der Waals surface area contributed by atoms with Crippen molar-refractivity contribution in [3.8, 4) is 0 Å². The molecule has 0 saturated heterocycles. The van der Waals surface area contributed by atoms with Crippen molar-refractivity contribution in [2.24, 2.45) is 0 Å². The fourth-order valence-electron chi connectivity index (χ4n) is 1.77. The first-order valence-electron chi connectivity index (χ1n) is 5.67. The standard InChI is InChI=1S/C13H9BrN4O/c14-11-4-1-5-13-16-12(17-18(11)13)7-10(19)9-3-2-6-15-8-9/h1-6,8H,7H2. The Balaban J connectivity index is 1.90. The number of rotatable bonds is 3. The second kappa shape index (κ2) is 4.89. The van der Waals surface area contributed by atoms with E-state index in [4.69, 9.17) is 0 Å². The molecule has 0 fully saturated rings. The van der Waals surface area contributed by atoms with Crippen molar-refractivity contribution >= 4 is 27.4 Å². The molecule has 0 radical (unpaired) electrons. The van der Waals surface area contributed by atoms with Crippen LogP contribution in [-0.4, -0.2) is 25.4 Å². The first-order chi connectivity index (χ1) is 9.24. The molecule has 5 nitrogen and oxygen atoms in total. The lowest BCUT2D eigenvalue weighted by Crippen LogP contribution is -2.05. The Hall–Kier alpha value is -2.08. The number of fused-ring (bicyclic) bond motifs is 1. The topological polar surface area (TPSA) is 60.2 Å². The van der Waals surface area contributed by atoms with Crippen LogP contribution in [0.4, 0.5) is 0 Å². The Bertz CT molecular complexity index is 739. The van der Waals surface area contributed by atoms with E-state index in [9.17, 15) is 4.79 Å². The van der Waals surface area contributed by atoms with E-state index in [0.29, 0.717) is 17.0 Å². The maximum Gasteiger partial charge on any atom is 0.172 e. The Morgan fingerprint density at radius 2 is 2.16 bits per heavy atom. The molecule has 3 rings (SSSR count). The maximum absolute atomic E-state index is 12.0. The highest BCUT2D eigenvalue weighted by Gasteiger charge is 2.12. The molecule has 3 aromatic heterocycles. The van der Waals surface area contributed by atoms with Crippen molar-refractivity contribution in [3.05, 3.63) is 58.7 Å². The van der Waals surface area contributed by atoms with Gasteiger partial charge in [0.2, 0.25) is 0 Å². The Morgan fingerprint density at radius 1 is 1.26 bits per heavy atom. The molecule has 0 aliphatic rings. The number of Topliss-reactive ketones (excluding diaryl/α,β-unsaturated/α-hetero) is 1. The maximum atomic E-state index is 12.0. The van der Waals surface area contributed by atoms with Gasteiger partial charge in [0.25, 0.3) is 0 Å². The van der Waals surface area contributed by atoms with Crippen LogP contribution in [0.25, 0.3) is 5.65 Å². The van der Waals surface area contributed by atoms with E-state index in [-0.39, 0.29) is 12.2 Å². The summed E-state index contributed by atoms with van der Waals surface area (Å²) in [6.07, 6.45) is 3.35. The predicted octanol–water partition coefficient (Wildman–Crippen LogP) is 2.31. The molecule has 0 saturated carbocycles. The van der Waals surface area contributed by atoms with Gasteiger partial charge in [-0.2, -0.15) is 0 Å². The minimum absolute atomic E-state index is 0.0415. The Morgan fingerprint density at radius 3 is 2.89 bits per heavy atom. The van der Waals surface area contributed by atoms with Gasteiger partial charge < -0.3 is 0 Å².